The second-order valence-electron chi connectivity index (χ2n) is 8.19. The summed E-state index contributed by atoms with van der Waals surface area (Å²) in [6.45, 7) is 4.59. The summed E-state index contributed by atoms with van der Waals surface area (Å²) in [5.74, 6) is 0.600. The zero-order valence-electron chi connectivity index (χ0n) is 19.4. The van der Waals surface area contributed by atoms with Gasteiger partial charge < -0.3 is 14.4 Å². The van der Waals surface area contributed by atoms with E-state index in [1.165, 1.54) is 0 Å². The van der Waals surface area contributed by atoms with E-state index in [4.69, 9.17) is 26.2 Å². The van der Waals surface area contributed by atoms with E-state index in [0.29, 0.717) is 50.0 Å². The molecule has 0 aliphatic carbocycles. The van der Waals surface area contributed by atoms with Crippen LogP contribution >= 0.6 is 11.6 Å². The summed E-state index contributed by atoms with van der Waals surface area (Å²) in [4.78, 5) is 29.1. The number of hydrogen-bond donors (Lipinski definition) is 0. The number of ether oxygens (including phenoxy) is 2. The molecule has 0 aromatic heterocycles. The third-order valence-electron chi connectivity index (χ3n) is 6.11. The number of benzene rings is 2. The molecular weight excluding hydrogens is 456 g/mol. The first-order chi connectivity index (χ1) is 16.5. The number of methoxy groups -OCH3 is 1. The number of carbonyl (C=O) groups excluding carboxylic acids is 2. The van der Waals surface area contributed by atoms with Crippen LogP contribution in [0.3, 0.4) is 0 Å². The van der Waals surface area contributed by atoms with Crippen LogP contribution in [0.1, 0.15) is 30.5 Å². The van der Waals surface area contributed by atoms with Crippen molar-refractivity contribution < 1.29 is 19.1 Å². The van der Waals surface area contributed by atoms with Crippen molar-refractivity contribution in [1.82, 2.24) is 14.8 Å². The lowest BCUT2D eigenvalue weighted by atomic mass is 9.98. The van der Waals surface area contributed by atoms with Gasteiger partial charge in [0.15, 0.2) is 0 Å². The predicted molar refractivity (Wildman–Crippen MR) is 130 cm³/mol. The van der Waals surface area contributed by atoms with E-state index in [2.05, 4.69) is 0 Å². The van der Waals surface area contributed by atoms with Gasteiger partial charge in [0.25, 0.3) is 5.91 Å². The van der Waals surface area contributed by atoms with Gasteiger partial charge in [0, 0.05) is 43.2 Å². The quantitative estimate of drug-likeness (QED) is 0.623. The van der Waals surface area contributed by atoms with Gasteiger partial charge in [0.2, 0.25) is 0 Å². The van der Waals surface area contributed by atoms with Crippen LogP contribution in [0.5, 0.6) is 5.75 Å². The van der Waals surface area contributed by atoms with Crippen molar-refractivity contribution in [3.8, 4) is 5.75 Å². The minimum Gasteiger partial charge on any atom is -0.496 e. The highest BCUT2D eigenvalue weighted by Crippen LogP contribution is 2.37. The Morgan fingerprint density at radius 1 is 1.06 bits per heavy atom. The molecule has 1 saturated heterocycles. The Morgan fingerprint density at radius 3 is 2.47 bits per heavy atom. The molecule has 2 heterocycles. The minimum absolute atomic E-state index is 0.112. The molecule has 0 spiro atoms. The molecule has 180 valence electrons. The van der Waals surface area contributed by atoms with Gasteiger partial charge in [0.1, 0.15) is 5.75 Å². The predicted octanol–water partition coefficient (Wildman–Crippen LogP) is 3.80. The molecule has 0 N–H and O–H groups in total. The number of amides is 2. The molecule has 0 saturated carbocycles. The minimum atomic E-state index is -0.308. The summed E-state index contributed by atoms with van der Waals surface area (Å²) < 4.78 is 10.6. The van der Waals surface area contributed by atoms with Crippen molar-refractivity contribution in [3.05, 3.63) is 64.7 Å². The standard InChI is InChI=1S/C25H29ClN4O4/c1-3-34-25(32)29-14-12-28(13-15-29)17-24(31)30-22(18-8-4-6-10-20(18)26)16-21(27-30)19-9-5-7-11-23(19)33-2/h4-11,22H,3,12-17H2,1-2H3/t22-/m1/s1. The van der Waals surface area contributed by atoms with E-state index in [-0.39, 0.29) is 24.6 Å². The van der Waals surface area contributed by atoms with Crippen molar-refractivity contribution in [3.63, 3.8) is 0 Å². The Balaban J connectivity index is 1.53. The maximum absolute atomic E-state index is 13.5. The lowest BCUT2D eigenvalue weighted by Gasteiger charge is -2.34. The van der Waals surface area contributed by atoms with Gasteiger partial charge in [-0.15, -0.1) is 0 Å². The summed E-state index contributed by atoms with van der Waals surface area (Å²) in [6.07, 6.45) is 0.227. The molecule has 2 amide bonds. The molecule has 2 aliphatic rings. The molecule has 4 rings (SSSR count). The Morgan fingerprint density at radius 2 is 1.76 bits per heavy atom. The van der Waals surface area contributed by atoms with Crippen LogP contribution in [0, 0.1) is 0 Å². The Bertz CT molecular complexity index is 1070. The lowest BCUT2D eigenvalue weighted by molar-refractivity contribution is -0.134. The third-order valence-corrected chi connectivity index (χ3v) is 6.45. The van der Waals surface area contributed by atoms with Crippen LogP contribution in [0.4, 0.5) is 4.79 Å². The highest BCUT2D eigenvalue weighted by atomic mass is 35.5. The normalized spacial score (nSPS) is 18.6. The molecule has 2 aliphatic heterocycles. The number of hydrogen-bond acceptors (Lipinski definition) is 6. The number of halogens is 1. The fraction of sp³-hybridized carbons (Fsp3) is 0.400. The third kappa shape index (κ3) is 5.18. The first-order valence-electron chi connectivity index (χ1n) is 11.4. The summed E-state index contributed by atoms with van der Waals surface area (Å²) in [6, 6.07) is 14.9. The molecule has 34 heavy (non-hydrogen) atoms. The van der Waals surface area contributed by atoms with Gasteiger partial charge in [-0.25, -0.2) is 9.80 Å². The van der Waals surface area contributed by atoms with Gasteiger partial charge in [-0.3, -0.25) is 9.69 Å². The summed E-state index contributed by atoms with van der Waals surface area (Å²) >= 11 is 6.52. The maximum atomic E-state index is 13.5. The van der Waals surface area contributed by atoms with Gasteiger partial charge in [-0.2, -0.15) is 5.10 Å². The van der Waals surface area contributed by atoms with Crippen molar-refractivity contribution in [2.75, 3.05) is 46.4 Å². The van der Waals surface area contributed by atoms with Crippen molar-refractivity contribution in [1.29, 1.82) is 0 Å². The lowest BCUT2D eigenvalue weighted by Crippen LogP contribution is -2.51. The molecule has 0 unspecified atom stereocenters. The van der Waals surface area contributed by atoms with E-state index in [1.807, 2.05) is 53.4 Å². The number of para-hydroxylation sites is 1. The van der Waals surface area contributed by atoms with E-state index < -0.39 is 0 Å². The molecule has 9 heteroatoms. The van der Waals surface area contributed by atoms with Crippen LogP contribution in [0.2, 0.25) is 5.02 Å². The Labute approximate surface area is 204 Å². The monoisotopic (exact) mass is 484 g/mol. The van der Waals surface area contributed by atoms with Gasteiger partial charge in [0.05, 0.1) is 32.0 Å². The van der Waals surface area contributed by atoms with Gasteiger partial charge in [-0.05, 0) is 30.7 Å². The van der Waals surface area contributed by atoms with Crippen molar-refractivity contribution in [2.45, 2.75) is 19.4 Å². The van der Waals surface area contributed by atoms with E-state index >= 15 is 0 Å². The van der Waals surface area contributed by atoms with Gasteiger partial charge in [-0.1, -0.05) is 41.9 Å². The van der Waals surface area contributed by atoms with E-state index in [0.717, 1.165) is 16.8 Å². The van der Waals surface area contributed by atoms with E-state index in [1.54, 1.807) is 23.9 Å². The van der Waals surface area contributed by atoms with Crippen molar-refractivity contribution in [2.24, 2.45) is 5.10 Å². The Hall–Kier alpha value is -3.10. The van der Waals surface area contributed by atoms with Crippen LogP contribution in [-0.2, 0) is 9.53 Å². The number of hydrazone groups is 1. The molecular formula is C25H29ClN4O4. The zero-order chi connectivity index (χ0) is 24.1. The molecule has 8 nitrogen and oxygen atoms in total. The van der Waals surface area contributed by atoms with E-state index in [9.17, 15) is 9.59 Å². The maximum Gasteiger partial charge on any atom is 0.409 e. The molecule has 2 aromatic rings. The second kappa shape index (κ2) is 10.9. The number of carbonyl (C=O) groups is 2. The average Bonchev–Trinajstić information content (AvgIpc) is 3.30. The first-order valence-corrected chi connectivity index (χ1v) is 11.8. The largest absolute Gasteiger partial charge is 0.496 e. The van der Waals surface area contributed by atoms with Crippen LogP contribution in [0.25, 0.3) is 0 Å². The number of piperazine rings is 1. The SMILES string of the molecule is CCOC(=O)N1CCN(CC(=O)N2N=C(c3ccccc3OC)C[C@@H]2c2ccccc2Cl)CC1. The molecule has 2 aromatic carbocycles. The fourth-order valence-corrected chi connectivity index (χ4v) is 4.60. The highest BCUT2D eigenvalue weighted by Gasteiger charge is 2.36. The first kappa shape index (κ1) is 24.0. The van der Waals surface area contributed by atoms with Crippen LogP contribution < -0.4 is 4.74 Å². The smallest absolute Gasteiger partial charge is 0.409 e. The number of rotatable bonds is 6. The average molecular weight is 485 g/mol. The van der Waals surface area contributed by atoms with Gasteiger partial charge >= 0.3 is 6.09 Å². The zero-order valence-corrected chi connectivity index (χ0v) is 20.2. The summed E-state index contributed by atoms with van der Waals surface area (Å²) in [5.41, 5.74) is 2.50. The fourth-order valence-electron chi connectivity index (χ4n) is 4.34. The molecule has 1 atom stereocenters. The number of nitrogens with zero attached hydrogens (tertiary/aromatic N) is 4. The Kier molecular flexibility index (Phi) is 7.70. The summed E-state index contributed by atoms with van der Waals surface area (Å²) in [5, 5.41) is 6.91. The second-order valence-corrected chi connectivity index (χ2v) is 8.60. The molecule has 0 bridgehead atoms. The molecule has 0 radical (unpaired) electrons. The topological polar surface area (TPSA) is 74.7 Å². The van der Waals surface area contributed by atoms with Crippen LogP contribution in [-0.4, -0.2) is 79.0 Å². The van der Waals surface area contributed by atoms with Crippen molar-refractivity contribution >= 4 is 29.3 Å². The molecule has 1 fully saturated rings. The van der Waals surface area contributed by atoms with Crippen LogP contribution in [0.15, 0.2) is 53.6 Å². The summed E-state index contributed by atoms with van der Waals surface area (Å²) in [7, 11) is 1.62. The highest BCUT2D eigenvalue weighted by molar-refractivity contribution is 6.31.